The van der Waals surface area contributed by atoms with Gasteiger partial charge in [0.05, 0.1) is 5.52 Å². The molecule has 1 atom stereocenters. The van der Waals surface area contributed by atoms with Gasteiger partial charge in [-0.25, -0.2) is 0 Å². The van der Waals surface area contributed by atoms with Crippen molar-refractivity contribution in [2.75, 3.05) is 13.1 Å². The molecule has 3 rings (SSSR count). The fourth-order valence-electron chi connectivity index (χ4n) is 3.30. The first-order valence-corrected chi connectivity index (χ1v) is 7.65. The predicted octanol–water partition coefficient (Wildman–Crippen LogP) is 2.94. The number of nitrogens with two attached hydrogens (primary N) is 1. The molecule has 0 aliphatic carbocycles. The second-order valence-electron chi connectivity index (χ2n) is 5.69. The Morgan fingerprint density at radius 3 is 3.05 bits per heavy atom. The first kappa shape index (κ1) is 13.5. The minimum Gasteiger partial charge on any atom is -0.330 e. The fraction of sp³-hybridized carbons (Fsp3) is 0.471. The van der Waals surface area contributed by atoms with Gasteiger partial charge in [0, 0.05) is 24.2 Å². The van der Waals surface area contributed by atoms with Crippen molar-refractivity contribution in [2.45, 2.75) is 38.3 Å². The summed E-state index contributed by atoms with van der Waals surface area (Å²) in [4.78, 5) is 7.17. The van der Waals surface area contributed by atoms with Crippen molar-refractivity contribution < 1.29 is 0 Å². The van der Waals surface area contributed by atoms with Crippen LogP contribution in [0.2, 0.25) is 0 Å². The zero-order valence-electron chi connectivity index (χ0n) is 12.0. The lowest BCUT2D eigenvalue weighted by molar-refractivity contribution is 0.233. The summed E-state index contributed by atoms with van der Waals surface area (Å²) in [5, 5.41) is 1.24. The maximum atomic E-state index is 5.65. The van der Waals surface area contributed by atoms with Crippen molar-refractivity contribution in [1.82, 2.24) is 9.88 Å². The van der Waals surface area contributed by atoms with E-state index in [1.165, 1.54) is 36.8 Å². The van der Waals surface area contributed by atoms with E-state index < -0.39 is 0 Å². The molecule has 20 heavy (non-hydrogen) atoms. The third-order valence-corrected chi connectivity index (χ3v) is 4.33. The second kappa shape index (κ2) is 6.33. The van der Waals surface area contributed by atoms with Gasteiger partial charge in [0.25, 0.3) is 0 Å². The van der Waals surface area contributed by atoms with Gasteiger partial charge < -0.3 is 5.73 Å². The molecule has 2 heterocycles. The first-order valence-electron chi connectivity index (χ1n) is 7.65. The third-order valence-electron chi connectivity index (χ3n) is 4.33. The van der Waals surface area contributed by atoms with E-state index in [2.05, 4.69) is 34.1 Å². The van der Waals surface area contributed by atoms with Crippen molar-refractivity contribution in [3.05, 3.63) is 42.1 Å². The van der Waals surface area contributed by atoms with E-state index in [1.54, 1.807) is 0 Å². The molecule has 1 aromatic carbocycles. The van der Waals surface area contributed by atoms with Crippen LogP contribution in [0.3, 0.4) is 0 Å². The molecule has 2 aromatic rings. The molecule has 1 aliphatic heterocycles. The number of aromatic nitrogens is 1. The number of pyridine rings is 1. The van der Waals surface area contributed by atoms with Gasteiger partial charge >= 0.3 is 0 Å². The van der Waals surface area contributed by atoms with Crippen LogP contribution in [0.4, 0.5) is 0 Å². The summed E-state index contributed by atoms with van der Waals surface area (Å²) >= 11 is 0. The lowest BCUT2D eigenvalue weighted by Gasteiger charge is -2.24. The summed E-state index contributed by atoms with van der Waals surface area (Å²) in [6, 6.07) is 11.4. The number of benzene rings is 1. The van der Waals surface area contributed by atoms with Crippen LogP contribution in [0.15, 0.2) is 36.5 Å². The highest BCUT2D eigenvalue weighted by molar-refractivity contribution is 5.81. The van der Waals surface area contributed by atoms with Crippen molar-refractivity contribution in [1.29, 1.82) is 0 Å². The smallest absolute Gasteiger partial charge is 0.0746 e. The summed E-state index contributed by atoms with van der Waals surface area (Å²) in [6.07, 6.45) is 6.89. The Morgan fingerprint density at radius 1 is 1.25 bits per heavy atom. The molecule has 0 radical (unpaired) electrons. The molecule has 0 spiro atoms. The number of hydrogen-bond acceptors (Lipinski definition) is 3. The topological polar surface area (TPSA) is 42.1 Å². The largest absolute Gasteiger partial charge is 0.330 e. The van der Waals surface area contributed by atoms with Gasteiger partial charge in [-0.2, -0.15) is 0 Å². The van der Waals surface area contributed by atoms with E-state index in [9.17, 15) is 0 Å². The van der Waals surface area contributed by atoms with Crippen LogP contribution in [-0.4, -0.2) is 29.0 Å². The van der Waals surface area contributed by atoms with E-state index in [1.807, 2.05) is 12.3 Å². The normalized spacial score (nSPS) is 19.8. The SMILES string of the molecule is NCCCC1CCCN1Cc1cccc2cccnc12. The number of rotatable bonds is 5. The van der Waals surface area contributed by atoms with E-state index in [4.69, 9.17) is 5.73 Å². The standard InChI is InChI=1S/C17H23N3/c18-10-2-8-16-9-4-12-20(16)13-15-6-1-5-14-7-3-11-19-17(14)15/h1,3,5-7,11,16H,2,4,8-10,12-13,18H2. The number of fused-ring (bicyclic) bond motifs is 1. The van der Waals surface area contributed by atoms with Crippen molar-refractivity contribution >= 4 is 10.9 Å². The molecule has 1 saturated heterocycles. The lowest BCUT2D eigenvalue weighted by atomic mass is 10.1. The Labute approximate surface area is 120 Å². The molecule has 1 unspecified atom stereocenters. The molecule has 0 amide bonds. The molecule has 1 fully saturated rings. The predicted molar refractivity (Wildman–Crippen MR) is 83.5 cm³/mol. The third kappa shape index (κ3) is 2.84. The van der Waals surface area contributed by atoms with Crippen LogP contribution >= 0.6 is 0 Å². The highest BCUT2D eigenvalue weighted by Gasteiger charge is 2.24. The molecule has 0 bridgehead atoms. The number of nitrogens with zero attached hydrogens (tertiary/aromatic N) is 2. The lowest BCUT2D eigenvalue weighted by Crippen LogP contribution is -2.29. The monoisotopic (exact) mass is 269 g/mol. The van der Waals surface area contributed by atoms with E-state index in [0.717, 1.165) is 25.0 Å². The van der Waals surface area contributed by atoms with Crippen molar-refractivity contribution in [3.63, 3.8) is 0 Å². The Hall–Kier alpha value is -1.45. The van der Waals surface area contributed by atoms with Crippen molar-refractivity contribution in [3.8, 4) is 0 Å². The molecule has 1 aromatic heterocycles. The number of hydrogen-bond donors (Lipinski definition) is 1. The molecule has 3 nitrogen and oxygen atoms in total. The minimum absolute atomic E-state index is 0.706. The fourth-order valence-corrected chi connectivity index (χ4v) is 3.30. The Kier molecular flexibility index (Phi) is 4.28. The van der Waals surface area contributed by atoms with Gasteiger partial charge in [-0.05, 0) is 50.4 Å². The number of likely N-dealkylation sites (tertiary alicyclic amines) is 1. The number of para-hydroxylation sites is 1. The summed E-state index contributed by atoms with van der Waals surface area (Å²) < 4.78 is 0. The first-order chi connectivity index (χ1) is 9.88. The summed E-state index contributed by atoms with van der Waals surface area (Å²) in [7, 11) is 0. The molecule has 0 saturated carbocycles. The quantitative estimate of drug-likeness (QED) is 0.907. The van der Waals surface area contributed by atoms with Gasteiger partial charge in [0.1, 0.15) is 0 Å². The van der Waals surface area contributed by atoms with Gasteiger partial charge in [-0.3, -0.25) is 9.88 Å². The van der Waals surface area contributed by atoms with Gasteiger partial charge in [0.2, 0.25) is 0 Å². The van der Waals surface area contributed by atoms with E-state index in [-0.39, 0.29) is 0 Å². The molecule has 106 valence electrons. The van der Waals surface area contributed by atoms with E-state index >= 15 is 0 Å². The van der Waals surface area contributed by atoms with Crippen LogP contribution in [0, 0.1) is 0 Å². The highest BCUT2D eigenvalue weighted by atomic mass is 15.2. The summed E-state index contributed by atoms with van der Waals surface area (Å²) in [5.41, 5.74) is 8.15. The van der Waals surface area contributed by atoms with Crippen LogP contribution < -0.4 is 5.73 Å². The highest BCUT2D eigenvalue weighted by Crippen LogP contribution is 2.25. The van der Waals surface area contributed by atoms with Crippen LogP contribution in [-0.2, 0) is 6.54 Å². The zero-order valence-corrected chi connectivity index (χ0v) is 12.0. The Morgan fingerprint density at radius 2 is 2.15 bits per heavy atom. The molecule has 2 N–H and O–H groups in total. The van der Waals surface area contributed by atoms with Crippen LogP contribution in [0.1, 0.15) is 31.2 Å². The van der Waals surface area contributed by atoms with Crippen LogP contribution in [0.5, 0.6) is 0 Å². The Balaban J connectivity index is 1.78. The molecule has 1 aliphatic rings. The Bertz CT molecular complexity index is 562. The summed E-state index contributed by atoms with van der Waals surface area (Å²) in [5.74, 6) is 0. The van der Waals surface area contributed by atoms with Gasteiger partial charge in [-0.1, -0.05) is 24.3 Å². The maximum Gasteiger partial charge on any atom is 0.0746 e. The maximum absolute atomic E-state index is 5.65. The summed E-state index contributed by atoms with van der Waals surface area (Å²) in [6.45, 7) is 3.03. The average molecular weight is 269 g/mol. The van der Waals surface area contributed by atoms with Crippen LogP contribution in [0.25, 0.3) is 10.9 Å². The van der Waals surface area contributed by atoms with Crippen molar-refractivity contribution in [2.24, 2.45) is 5.73 Å². The molecular formula is C17H23N3. The molecule has 3 heteroatoms. The second-order valence-corrected chi connectivity index (χ2v) is 5.69. The average Bonchev–Trinajstić information content (AvgIpc) is 2.93. The van der Waals surface area contributed by atoms with E-state index in [0.29, 0.717) is 6.04 Å². The van der Waals surface area contributed by atoms with Gasteiger partial charge in [0.15, 0.2) is 0 Å². The zero-order chi connectivity index (χ0) is 13.8. The molecular weight excluding hydrogens is 246 g/mol. The van der Waals surface area contributed by atoms with Gasteiger partial charge in [-0.15, -0.1) is 0 Å². The minimum atomic E-state index is 0.706.